The molecule has 2 heterocycles. The lowest BCUT2D eigenvalue weighted by atomic mass is 9.88. The molecule has 0 atom stereocenters. The highest BCUT2D eigenvalue weighted by molar-refractivity contribution is 5.97. The van der Waals surface area contributed by atoms with E-state index in [4.69, 9.17) is 4.74 Å². The number of benzene rings is 1. The lowest BCUT2D eigenvalue weighted by molar-refractivity contribution is 0.0744. The molecule has 1 N–H and O–H groups in total. The smallest absolute Gasteiger partial charge is 0.274 e. The molecule has 1 amide bonds. The number of likely N-dealkylation sites (N-methyl/N-ethyl adjacent to an activating group) is 1. The van der Waals surface area contributed by atoms with E-state index < -0.39 is 0 Å². The molecule has 1 saturated carbocycles. The fourth-order valence-electron chi connectivity index (χ4n) is 4.12. The fourth-order valence-corrected chi connectivity index (χ4v) is 4.12. The van der Waals surface area contributed by atoms with E-state index in [1.54, 1.807) is 37.4 Å². The van der Waals surface area contributed by atoms with Crippen molar-refractivity contribution in [2.45, 2.75) is 38.0 Å². The van der Waals surface area contributed by atoms with Gasteiger partial charge in [0.2, 0.25) is 0 Å². The van der Waals surface area contributed by atoms with Crippen molar-refractivity contribution in [1.82, 2.24) is 19.3 Å². The van der Waals surface area contributed by atoms with E-state index in [-0.39, 0.29) is 11.5 Å². The molecule has 0 unspecified atom stereocenters. The van der Waals surface area contributed by atoms with Gasteiger partial charge in [-0.3, -0.25) is 14.0 Å². The quantitative estimate of drug-likeness (QED) is 0.736. The predicted molar refractivity (Wildman–Crippen MR) is 108 cm³/mol. The van der Waals surface area contributed by atoms with Crippen LogP contribution < -0.4 is 5.56 Å². The topological polar surface area (TPSA) is 79.7 Å². The minimum absolute atomic E-state index is 0.0716. The number of rotatable bonds is 5. The number of aromatic amines is 1. The van der Waals surface area contributed by atoms with Crippen molar-refractivity contribution in [3.8, 4) is 0 Å². The summed E-state index contributed by atoms with van der Waals surface area (Å²) >= 11 is 0. The van der Waals surface area contributed by atoms with Crippen molar-refractivity contribution in [3.05, 3.63) is 46.1 Å². The highest BCUT2D eigenvalue weighted by Gasteiger charge is 2.22. The highest BCUT2D eigenvalue weighted by atomic mass is 16.5. The largest absolute Gasteiger partial charge is 0.383 e. The molecule has 148 valence electrons. The number of methoxy groups -OCH3 is 1. The molecule has 0 aliphatic heterocycles. The molecule has 7 nitrogen and oxygen atoms in total. The van der Waals surface area contributed by atoms with Gasteiger partial charge in [0.25, 0.3) is 11.5 Å². The minimum atomic E-state index is -0.154. The molecule has 4 rings (SSSR count). The van der Waals surface area contributed by atoms with Gasteiger partial charge in [-0.2, -0.15) is 0 Å². The molecule has 1 aromatic carbocycles. The molecule has 0 saturated heterocycles. The summed E-state index contributed by atoms with van der Waals surface area (Å²) in [5, 5.41) is 0. The van der Waals surface area contributed by atoms with Crippen molar-refractivity contribution >= 4 is 22.5 Å². The molecule has 1 aliphatic carbocycles. The average molecular weight is 382 g/mol. The second kappa shape index (κ2) is 7.75. The Morgan fingerprint density at radius 2 is 2.07 bits per heavy atom. The Bertz CT molecular complexity index is 1060. The first-order chi connectivity index (χ1) is 13.6. The maximum Gasteiger partial charge on any atom is 0.274 e. The van der Waals surface area contributed by atoms with E-state index in [0.29, 0.717) is 35.7 Å². The zero-order valence-corrected chi connectivity index (χ0v) is 16.4. The van der Waals surface area contributed by atoms with Gasteiger partial charge in [-0.15, -0.1) is 0 Å². The van der Waals surface area contributed by atoms with Gasteiger partial charge in [0, 0.05) is 32.2 Å². The third-order valence-corrected chi connectivity index (χ3v) is 5.70. The maximum absolute atomic E-state index is 12.8. The zero-order valence-electron chi connectivity index (χ0n) is 16.4. The molecular formula is C21H26N4O3. The summed E-state index contributed by atoms with van der Waals surface area (Å²) in [5.41, 5.74) is 2.49. The summed E-state index contributed by atoms with van der Waals surface area (Å²) in [7, 11) is 3.38. The molecule has 7 heteroatoms. The van der Waals surface area contributed by atoms with Gasteiger partial charge < -0.3 is 14.6 Å². The Morgan fingerprint density at radius 3 is 2.82 bits per heavy atom. The first-order valence-corrected chi connectivity index (χ1v) is 9.88. The molecule has 0 radical (unpaired) electrons. The lowest BCUT2D eigenvalue weighted by Gasteiger charge is -2.21. The van der Waals surface area contributed by atoms with Crippen LogP contribution in [0.5, 0.6) is 0 Å². The van der Waals surface area contributed by atoms with Crippen molar-refractivity contribution in [2.75, 3.05) is 27.3 Å². The highest BCUT2D eigenvalue weighted by Crippen LogP contribution is 2.33. The molecule has 2 aromatic heterocycles. The van der Waals surface area contributed by atoms with Crippen LogP contribution in [0.4, 0.5) is 0 Å². The SMILES string of the molecule is COCCN(C)C(=O)c1ccc2[nH]c(=O)c3cnc(C4CCCCC4)n3c2c1. The van der Waals surface area contributed by atoms with Crippen LogP contribution in [0.3, 0.4) is 0 Å². The first-order valence-electron chi connectivity index (χ1n) is 9.88. The number of ether oxygens (including phenoxy) is 1. The van der Waals surface area contributed by atoms with Crippen LogP contribution >= 0.6 is 0 Å². The lowest BCUT2D eigenvalue weighted by Crippen LogP contribution is -2.30. The van der Waals surface area contributed by atoms with Gasteiger partial charge in [0.1, 0.15) is 11.3 Å². The van der Waals surface area contributed by atoms with Crippen molar-refractivity contribution in [3.63, 3.8) is 0 Å². The zero-order chi connectivity index (χ0) is 19.7. The molecule has 28 heavy (non-hydrogen) atoms. The molecule has 0 spiro atoms. The van der Waals surface area contributed by atoms with Crippen LogP contribution in [-0.2, 0) is 4.74 Å². The number of nitrogens with zero attached hydrogens (tertiary/aromatic N) is 3. The van der Waals surface area contributed by atoms with Crippen LogP contribution in [0.25, 0.3) is 16.6 Å². The summed E-state index contributed by atoms with van der Waals surface area (Å²) < 4.78 is 7.02. The van der Waals surface area contributed by atoms with Crippen molar-refractivity contribution in [2.24, 2.45) is 0 Å². The minimum Gasteiger partial charge on any atom is -0.383 e. The number of aromatic nitrogens is 3. The summed E-state index contributed by atoms with van der Waals surface area (Å²) in [4.78, 5) is 34.5. The van der Waals surface area contributed by atoms with Crippen LogP contribution in [0, 0.1) is 0 Å². The second-order valence-corrected chi connectivity index (χ2v) is 7.58. The summed E-state index contributed by atoms with van der Waals surface area (Å²) in [6.45, 7) is 1.01. The van der Waals surface area contributed by atoms with Crippen LogP contribution in [0.1, 0.15) is 54.2 Å². The van der Waals surface area contributed by atoms with E-state index >= 15 is 0 Å². The molecule has 1 aliphatic rings. The average Bonchev–Trinajstić information content (AvgIpc) is 3.18. The fraction of sp³-hybridized carbons (Fsp3) is 0.476. The number of carbonyl (C=O) groups excluding carboxylic acids is 1. The Kier molecular flexibility index (Phi) is 5.17. The maximum atomic E-state index is 12.8. The third-order valence-electron chi connectivity index (χ3n) is 5.70. The van der Waals surface area contributed by atoms with E-state index in [0.717, 1.165) is 24.2 Å². The summed E-state index contributed by atoms with van der Waals surface area (Å²) in [6, 6.07) is 5.42. The van der Waals surface area contributed by atoms with Gasteiger partial charge in [0.15, 0.2) is 0 Å². The number of imidazole rings is 1. The number of amides is 1. The van der Waals surface area contributed by atoms with Crippen LogP contribution in [0.15, 0.2) is 29.2 Å². The Morgan fingerprint density at radius 1 is 1.29 bits per heavy atom. The predicted octanol–water partition coefficient (Wildman–Crippen LogP) is 2.94. The second-order valence-electron chi connectivity index (χ2n) is 7.58. The molecule has 1 fully saturated rings. The molecule has 0 bridgehead atoms. The monoisotopic (exact) mass is 382 g/mol. The number of hydrogen-bond acceptors (Lipinski definition) is 4. The third kappa shape index (κ3) is 3.30. The normalized spacial score (nSPS) is 15.4. The van der Waals surface area contributed by atoms with Crippen LogP contribution in [0.2, 0.25) is 0 Å². The molecular weight excluding hydrogens is 356 g/mol. The Labute approximate surface area is 163 Å². The summed E-state index contributed by atoms with van der Waals surface area (Å²) in [5.74, 6) is 1.21. The first kappa shape index (κ1) is 18.7. The van der Waals surface area contributed by atoms with E-state index in [2.05, 4.69) is 9.97 Å². The van der Waals surface area contributed by atoms with Gasteiger partial charge in [0.05, 0.1) is 23.8 Å². The summed E-state index contributed by atoms with van der Waals surface area (Å²) in [6.07, 6.45) is 7.47. The van der Waals surface area contributed by atoms with E-state index in [1.807, 2.05) is 10.5 Å². The standard InChI is InChI=1S/C21H26N4O3/c1-24(10-11-28-2)21(27)15-8-9-16-17(12-15)25-18(20(26)23-16)13-22-19(25)14-6-4-3-5-7-14/h8-9,12-14H,3-7,10-11H2,1-2H3,(H,23,26). The number of carbonyl (C=O) groups is 1. The van der Waals surface area contributed by atoms with Crippen molar-refractivity contribution in [1.29, 1.82) is 0 Å². The van der Waals surface area contributed by atoms with Crippen molar-refractivity contribution < 1.29 is 9.53 Å². The Balaban J connectivity index is 1.83. The number of hydrogen-bond donors (Lipinski definition) is 1. The number of nitrogens with one attached hydrogen (secondary N) is 1. The van der Waals surface area contributed by atoms with Gasteiger partial charge in [-0.05, 0) is 31.0 Å². The van der Waals surface area contributed by atoms with Gasteiger partial charge in [-0.25, -0.2) is 4.98 Å². The van der Waals surface area contributed by atoms with E-state index in [9.17, 15) is 9.59 Å². The van der Waals surface area contributed by atoms with Crippen LogP contribution in [-0.4, -0.2) is 52.5 Å². The molecule has 3 aromatic rings. The number of fused-ring (bicyclic) bond motifs is 3. The Hall–Kier alpha value is -2.67. The van der Waals surface area contributed by atoms with Gasteiger partial charge in [-0.1, -0.05) is 19.3 Å². The number of H-pyrrole nitrogens is 1. The van der Waals surface area contributed by atoms with Gasteiger partial charge >= 0.3 is 0 Å². The van der Waals surface area contributed by atoms with E-state index in [1.165, 1.54) is 19.3 Å².